The van der Waals surface area contributed by atoms with Crippen molar-refractivity contribution in [3.8, 4) is 0 Å². The summed E-state index contributed by atoms with van der Waals surface area (Å²) < 4.78 is 5.49. The van der Waals surface area contributed by atoms with E-state index in [9.17, 15) is 9.59 Å². The Morgan fingerprint density at radius 1 is 1.38 bits per heavy atom. The zero-order valence-electron chi connectivity index (χ0n) is 11.2. The molecule has 2 aromatic rings. The Hall–Kier alpha value is -1.25. The highest BCUT2D eigenvalue weighted by atomic mass is 79.9. The maximum atomic E-state index is 12.0. The molecule has 8 heteroatoms. The molecule has 1 N–H and O–H groups in total. The van der Waals surface area contributed by atoms with Gasteiger partial charge >= 0.3 is 5.97 Å². The maximum absolute atomic E-state index is 12.0. The van der Waals surface area contributed by atoms with E-state index in [0.717, 1.165) is 9.48 Å². The van der Waals surface area contributed by atoms with E-state index in [1.54, 1.807) is 11.4 Å². The fraction of sp³-hybridized carbons (Fsp3) is 0.308. The first-order valence-electron chi connectivity index (χ1n) is 6.15. The lowest BCUT2D eigenvalue weighted by Gasteiger charge is -1.99. The minimum atomic E-state index is -0.221. The molecule has 0 fully saturated rings. The summed E-state index contributed by atoms with van der Waals surface area (Å²) in [4.78, 5) is 27.3. The Morgan fingerprint density at radius 2 is 2.19 bits per heavy atom. The van der Waals surface area contributed by atoms with Gasteiger partial charge in [0.15, 0.2) is 5.13 Å². The molecule has 2 aromatic heterocycles. The van der Waals surface area contributed by atoms with E-state index in [1.165, 1.54) is 29.8 Å². The van der Waals surface area contributed by atoms with E-state index in [4.69, 9.17) is 0 Å². The number of hydrogen-bond acceptors (Lipinski definition) is 6. The van der Waals surface area contributed by atoms with Crippen LogP contribution in [-0.2, 0) is 16.0 Å². The van der Waals surface area contributed by atoms with Crippen LogP contribution in [0, 0.1) is 0 Å². The summed E-state index contributed by atoms with van der Waals surface area (Å²) in [6.45, 7) is 0. The molecule has 2 heterocycles. The maximum Gasteiger partial charge on any atom is 0.305 e. The predicted molar refractivity (Wildman–Crippen MR) is 87.0 cm³/mol. The van der Waals surface area contributed by atoms with E-state index >= 15 is 0 Å². The van der Waals surface area contributed by atoms with Gasteiger partial charge in [0.25, 0.3) is 5.91 Å². The molecule has 112 valence electrons. The molecule has 0 bridgehead atoms. The Bertz CT molecular complexity index is 639. The number of anilines is 1. The molecule has 0 aliphatic rings. The average molecular weight is 389 g/mol. The second-order valence-corrected chi connectivity index (χ2v) is 7.32. The van der Waals surface area contributed by atoms with E-state index in [2.05, 4.69) is 31.0 Å². The van der Waals surface area contributed by atoms with Crippen molar-refractivity contribution in [2.24, 2.45) is 0 Å². The molecule has 0 saturated carbocycles. The van der Waals surface area contributed by atoms with Gasteiger partial charge in [-0.25, -0.2) is 4.98 Å². The summed E-state index contributed by atoms with van der Waals surface area (Å²) in [5.74, 6) is -0.394. The number of esters is 1. The highest BCUT2D eigenvalue weighted by Gasteiger charge is 2.11. The van der Waals surface area contributed by atoms with Crippen LogP contribution < -0.4 is 5.32 Å². The number of nitrogens with one attached hydrogen (secondary N) is 1. The van der Waals surface area contributed by atoms with Crippen LogP contribution in [0.25, 0.3) is 0 Å². The number of amides is 1. The lowest BCUT2D eigenvalue weighted by Crippen LogP contribution is -2.10. The van der Waals surface area contributed by atoms with E-state index < -0.39 is 0 Å². The molecule has 0 unspecified atom stereocenters. The van der Waals surface area contributed by atoms with Gasteiger partial charge in [0.05, 0.1) is 22.2 Å². The number of carbonyl (C=O) groups is 2. The van der Waals surface area contributed by atoms with Crippen LogP contribution in [0.4, 0.5) is 5.13 Å². The van der Waals surface area contributed by atoms with Crippen molar-refractivity contribution in [3.63, 3.8) is 0 Å². The van der Waals surface area contributed by atoms with Crippen molar-refractivity contribution >= 4 is 55.6 Å². The number of halogens is 1. The number of methoxy groups -OCH3 is 1. The smallest absolute Gasteiger partial charge is 0.305 e. The summed E-state index contributed by atoms with van der Waals surface area (Å²) in [6.07, 6.45) is 1.74. The fourth-order valence-electron chi connectivity index (χ4n) is 1.59. The van der Waals surface area contributed by atoms with Gasteiger partial charge in [0, 0.05) is 17.2 Å². The minimum absolute atomic E-state index is 0.174. The molecule has 1 amide bonds. The Kier molecular flexibility index (Phi) is 5.89. The number of carbonyl (C=O) groups excluding carboxylic acids is 2. The summed E-state index contributed by atoms with van der Waals surface area (Å²) in [6, 6.07) is 1.77. The molecular weight excluding hydrogens is 376 g/mol. The van der Waals surface area contributed by atoms with Crippen molar-refractivity contribution in [1.82, 2.24) is 4.98 Å². The quantitative estimate of drug-likeness (QED) is 0.765. The number of hydrogen-bond donors (Lipinski definition) is 1. The first-order chi connectivity index (χ1) is 10.1. The van der Waals surface area contributed by atoms with E-state index in [-0.39, 0.29) is 11.9 Å². The van der Waals surface area contributed by atoms with Crippen LogP contribution in [0.1, 0.15) is 28.9 Å². The topological polar surface area (TPSA) is 68.3 Å². The number of ether oxygens (including phenoxy) is 1. The summed E-state index contributed by atoms with van der Waals surface area (Å²) in [5, 5.41) is 7.00. The summed E-state index contributed by atoms with van der Waals surface area (Å²) in [5.41, 5.74) is 1.47. The highest BCUT2D eigenvalue weighted by molar-refractivity contribution is 9.11. The number of nitrogens with zero attached hydrogens (tertiary/aromatic N) is 1. The Labute approximate surface area is 138 Å². The molecular formula is C13H13BrN2O3S2. The number of thiazole rings is 1. The number of aryl methyl sites for hydroxylation is 1. The second kappa shape index (κ2) is 7.67. The molecule has 21 heavy (non-hydrogen) atoms. The predicted octanol–water partition coefficient (Wildman–Crippen LogP) is 3.72. The molecule has 0 radical (unpaired) electrons. The Balaban J connectivity index is 1.85. The van der Waals surface area contributed by atoms with Gasteiger partial charge in [0.1, 0.15) is 0 Å². The lowest BCUT2D eigenvalue weighted by atomic mass is 10.2. The first kappa shape index (κ1) is 16.1. The van der Waals surface area contributed by atoms with Crippen LogP contribution in [0.2, 0.25) is 0 Å². The van der Waals surface area contributed by atoms with Crippen LogP contribution in [-0.4, -0.2) is 24.0 Å². The number of aromatic nitrogens is 1. The van der Waals surface area contributed by atoms with Crippen LogP contribution in [0.15, 0.2) is 20.6 Å². The zero-order chi connectivity index (χ0) is 15.2. The van der Waals surface area contributed by atoms with Crippen LogP contribution in [0.5, 0.6) is 0 Å². The van der Waals surface area contributed by atoms with Crippen molar-refractivity contribution in [2.45, 2.75) is 19.3 Å². The first-order valence-corrected chi connectivity index (χ1v) is 8.70. The Morgan fingerprint density at radius 3 is 2.86 bits per heavy atom. The molecule has 0 aliphatic heterocycles. The van der Waals surface area contributed by atoms with Gasteiger partial charge in [-0.05, 0) is 34.8 Å². The monoisotopic (exact) mass is 388 g/mol. The third kappa shape index (κ3) is 4.90. The largest absolute Gasteiger partial charge is 0.469 e. The lowest BCUT2D eigenvalue weighted by molar-refractivity contribution is -0.140. The minimum Gasteiger partial charge on any atom is -0.469 e. The molecule has 0 atom stereocenters. The normalized spacial score (nSPS) is 10.4. The zero-order valence-corrected chi connectivity index (χ0v) is 14.4. The van der Waals surface area contributed by atoms with Crippen molar-refractivity contribution in [3.05, 3.63) is 31.9 Å². The summed E-state index contributed by atoms with van der Waals surface area (Å²) in [7, 11) is 1.38. The third-order valence-corrected chi connectivity index (χ3v) is 4.95. The van der Waals surface area contributed by atoms with E-state index in [0.29, 0.717) is 30.0 Å². The molecule has 0 aliphatic carbocycles. The van der Waals surface area contributed by atoms with Crippen molar-refractivity contribution < 1.29 is 14.3 Å². The van der Waals surface area contributed by atoms with Crippen LogP contribution in [0.3, 0.4) is 0 Å². The van der Waals surface area contributed by atoms with Crippen LogP contribution >= 0.6 is 38.6 Å². The molecule has 0 aromatic carbocycles. The molecule has 5 nitrogen and oxygen atoms in total. The van der Waals surface area contributed by atoms with Gasteiger partial charge in [-0.3, -0.25) is 14.9 Å². The third-order valence-electron chi connectivity index (χ3n) is 2.64. The standard InChI is InChI=1S/C13H13BrN2O3S2/c1-19-11(17)4-2-3-9-7-21-13(15-9)16-12(18)8-5-10(14)20-6-8/h5-7H,2-4H2,1H3,(H,15,16,18). The van der Waals surface area contributed by atoms with E-state index in [1.807, 2.05) is 5.38 Å². The van der Waals surface area contributed by atoms with Gasteiger partial charge in [-0.1, -0.05) is 0 Å². The van der Waals surface area contributed by atoms with Gasteiger partial charge in [0.2, 0.25) is 0 Å². The molecule has 0 saturated heterocycles. The second-order valence-electron chi connectivity index (χ2n) is 4.17. The number of rotatable bonds is 6. The van der Waals surface area contributed by atoms with Crippen molar-refractivity contribution in [1.29, 1.82) is 0 Å². The van der Waals surface area contributed by atoms with Gasteiger partial charge in [-0.2, -0.15) is 0 Å². The highest BCUT2D eigenvalue weighted by Crippen LogP contribution is 2.23. The van der Waals surface area contributed by atoms with Gasteiger partial charge in [-0.15, -0.1) is 22.7 Å². The fourth-order valence-corrected chi connectivity index (χ4v) is 3.47. The number of thiophene rings is 1. The molecule has 2 rings (SSSR count). The molecule has 0 spiro atoms. The summed E-state index contributed by atoms with van der Waals surface area (Å²) >= 11 is 6.16. The van der Waals surface area contributed by atoms with Gasteiger partial charge < -0.3 is 4.74 Å². The average Bonchev–Trinajstić information content (AvgIpc) is 3.08. The van der Waals surface area contributed by atoms with Crippen molar-refractivity contribution in [2.75, 3.05) is 12.4 Å². The SMILES string of the molecule is COC(=O)CCCc1csc(NC(=O)c2csc(Br)c2)n1.